The van der Waals surface area contributed by atoms with Gasteiger partial charge < -0.3 is 9.32 Å². The van der Waals surface area contributed by atoms with Gasteiger partial charge in [0, 0.05) is 18.5 Å². The second-order valence-corrected chi connectivity index (χ2v) is 6.31. The fraction of sp³-hybridized carbons (Fsp3) is 0.529. The number of aryl methyl sites for hydroxylation is 1. The highest BCUT2D eigenvalue weighted by atomic mass is 32.1. The van der Waals surface area contributed by atoms with Crippen molar-refractivity contribution >= 4 is 17.2 Å². The third kappa shape index (κ3) is 4.19. The largest absolute Gasteiger partial charge is 0.459 e. The predicted octanol–water partition coefficient (Wildman–Crippen LogP) is 4.75. The van der Waals surface area contributed by atoms with Crippen LogP contribution in [0.4, 0.5) is 0 Å². The third-order valence-electron chi connectivity index (χ3n) is 3.52. The Morgan fingerprint density at radius 2 is 1.91 bits per heavy atom. The normalized spacial score (nSPS) is 10.9. The van der Waals surface area contributed by atoms with E-state index in [0.29, 0.717) is 5.69 Å². The zero-order valence-electron chi connectivity index (χ0n) is 13.6. The van der Waals surface area contributed by atoms with Crippen molar-refractivity contribution in [3.8, 4) is 10.8 Å². The van der Waals surface area contributed by atoms with Gasteiger partial charge in [0.25, 0.3) is 5.91 Å². The van der Waals surface area contributed by atoms with E-state index in [-0.39, 0.29) is 5.91 Å². The van der Waals surface area contributed by atoms with Gasteiger partial charge in [-0.05, 0) is 31.9 Å². The van der Waals surface area contributed by atoms with Gasteiger partial charge in [0.2, 0.25) is 0 Å². The maximum absolute atomic E-state index is 12.6. The van der Waals surface area contributed by atoms with Gasteiger partial charge in [0.05, 0.1) is 0 Å². The average Bonchev–Trinajstić information content (AvgIpc) is 3.15. The van der Waals surface area contributed by atoms with E-state index in [1.54, 1.807) is 0 Å². The molecule has 0 aliphatic rings. The minimum absolute atomic E-state index is 0.0349. The van der Waals surface area contributed by atoms with Crippen LogP contribution in [-0.4, -0.2) is 28.9 Å². The number of nitrogens with zero attached hydrogens (tertiary/aromatic N) is 2. The number of furan rings is 1. The fourth-order valence-electron chi connectivity index (χ4n) is 2.21. The van der Waals surface area contributed by atoms with E-state index in [1.165, 1.54) is 11.3 Å². The maximum atomic E-state index is 12.6. The molecular weight excluding hydrogens is 296 g/mol. The molecule has 0 atom stereocenters. The lowest BCUT2D eigenvalue weighted by Gasteiger charge is -2.21. The molecule has 2 aromatic heterocycles. The number of hydrogen-bond donors (Lipinski definition) is 0. The number of unbranched alkanes of at least 4 members (excludes halogenated alkanes) is 2. The maximum Gasteiger partial charge on any atom is 0.273 e. The molecule has 0 saturated heterocycles. The van der Waals surface area contributed by atoms with Crippen molar-refractivity contribution in [3.63, 3.8) is 0 Å². The molecule has 0 N–H and O–H groups in total. The Kier molecular flexibility index (Phi) is 6.19. The first-order valence-electron chi connectivity index (χ1n) is 7.97. The molecule has 2 aromatic rings. The number of carbonyl (C=O) groups excluding carboxylic acids is 1. The molecule has 0 aliphatic heterocycles. The molecular formula is C17H24N2O2S. The van der Waals surface area contributed by atoms with Crippen molar-refractivity contribution in [2.24, 2.45) is 0 Å². The second kappa shape index (κ2) is 8.13. The standard InChI is InChI=1S/C17H24N2O2S/c1-4-6-10-19(11-7-5-2)17(20)14-12-22-16(18-14)15-9-8-13(3)21-15/h8-9,12H,4-7,10-11H2,1-3H3. The first-order valence-corrected chi connectivity index (χ1v) is 8.85. The summed E-state index contributed by atoms with van der Waals surface area (Å²) in [5.74, 6) is 1.62. The Balaban J connectivity index is 2.11. The van der Waals surface area contributed by atoms with Crippen LogP contribution in [0.5, 0.6) is 0 Å². The molecule has 2 heterocycles. The summed E-state index contributed by atoms with van der Waals surface area (Å²) < 4.78 is 5.58. The van der Waals surface area contributed by atoms with Crippen LogP contribution in [0.1, 0.15) is 55.8 Å². The van der Waals surface area contributed by atoms with E-state index in [9.17, 15) is 4.79 Å². The molecule has 0 aliphatic carbocycles. The first-order chi connectivity index (χ1) is 10.7. The predicted molar refractivity (Wildman–Crippen MR) is 90.3 cm³/mol. The smallest absolute Gasteiger partial charge is 0.273 e. The van der Waals surface area contributed by atoms with Gasteiger partial charge in [0.1, 0.15) is 11.5 Å². The molecule has 0 aromatic carbocycles. The lowest BCUT2D eigenvalue weighted by molar-refractivity contribution is 0.0746. The second-order valence-electron chi connectivity index (χ2n) is 5.45. The zero-order chi connectivity index (χ0) is 15.9. The summed E-state index contributed by atoms with van der Waals surface area (Å²) in [6.07, 6.45) is 4.24. The number of rotatable bonds is 8. The van der Waals surface area contributed by atoms with E-state index in [1.807, 2.05) is 29.3 Å². The Morgan fingerprint density at radius 1 is 1.23 bits per heavy atom. The van der Waals surface area contributed by atoms with Crippen LogP contribution in [0.2, 0.25) is 0 Å². The molecule has 0 spiro atoms. The Bertz CT molecular complexity index is 595. The van der Waals surface area contributed by atoms with Crippen molar-refractivity contribution in [2.45, 2.75) is 46.5 Å². The van der Waals surface area contributed by atoms with Gasteiger partial charge in [0.15, 0.2) is 10.8 Å². The molecule has 22 heavy (non-hydrogen) atoms. The molecule has 2 rings (SSSR count). The molecule has 0 unspecified atom stereocenters. The van der Waals surface area contributed by atoms with Gasteiger partial charge in [-0.2, -0.15) is 0 Å². The molecule has 4 nitrogen and oxygen atoms in total. The minimum atomic E-state index is 0.0349. The van der Waals surface area contributed by atoms with Gasteiger partial charge >= 0.3 is 0 Å². The minimum Gasteiger partial charge on any atom is -0.459 e. The van der Waals surface area contributed by atoms with E-state index < -0.39 is 0 Å². The van der Waals surface area contributed by atoms with E-state index in [0.717, 1.165) is 55.3 Å². The summed E-state index contributed by atoms with van der Waals surface area (Å²) >= 11 is 1.46. The van der Waals surface area contributed by atoms with Crippen molar-refractivity contribution in [1.82, 2.24) is 9.88 Å². The highest BCUT2D eigenvalue weighted by molar-refractivity contribution is 7.13. The fourth-order valence-corrected chi connectivity index (χ4v) is 2.96. The molecule has 120 valence electrons. The quantitative estimate of drug-likeness (QED) is 0.705. The van der Waals surface area contributed by atoms with Crippen LogP contribution in [-0.2, 0) is 0 Å². The summed E-state index contributed by atoms with van der Waals surface area (Å²) in [4.78, 5) is 19.0. The van der Waals surface area contributed by atoms with Crippen LogP contribution in [0.25, 0.3) is 10.8 Å². The number of thiazole rings is 1. The van der Waals surface area contributed by atoms with Crippen LogP contribution in [0.15, 0.2) is 21.9 Å². The summed E-state index contributed by atoms with van der Waals surface area (Å²) in [5, 5.41) is 2.60. The summed E-state index contributed by atoms with van der Waals surface area (Å²) in [7, 11) is 0. The molecule has 5 heteroatoms. The Hall–Kier alpha value is -1.62. The number of amides is 1. The van der Waals surface area contributed by atoms with Crippen LogP contribution in [0.3, 0.4) is 0 Å². The molecule has 0 saturated carbocycles. The topological polar surface area (TPSA) is 46.3 Å². The lowest BCUT2D eigenvalue weighted by atomic mass is 10.2. The number of carbonyl (C=O) groups is 1. The summed E-state index contributed by atoms with van der Waals surface area (Å²) in [6.45, 7) is 7.80. The van der Waals surface area contributed by atoms with Crippen molar-refractivity contribution in [2.75, 3.05) is 13.1 Å². The van der Waals surface area contributed by atoms with Gasteiger partial charge in [-0.25, -0.2) is 4.98 Å². The highest BCUT2D eigenvalue weighted by Crippen LogP contribution is 2.26. The first kappa shape index (κ1) is 16.7. The van der Waals surface area contributed by atoms with Crippen molar-refractivity contribution < 1.29 is 9.21 Å². The summed E-state index contributed by atoms with van der Waals surface area (Å²) in [5.41, 5.74) is 0.529. The number of hydrogen-bond acceptors (Lipinski definition) is 4. The van der Waals surface area contributed by atoms with E-state index in [4.69, 9.17) is 4.42 Å². The molecule has 0 fully saturated rings. The average molecular weight is 320 g/mol. The van der Waals surface area contributed by atoms with Crippen LogP contribution in [0, 0.1) is 6.92 Å². The van der Waals surface area contributed by atoms with Gasteiger partial charge in [-0.1, -0.05) is 26.7 Å². The molecule has 0 bridgehead atoms. The van der Waals surface area contributed by atoms with Crippen LogP contribution < -0.4 is 0 Å². The van der Waals surface area contributed by atoms with E-state index >= 15 is 0 Å². The lowest BCUT2D eigenvalue weighted by Crippen LogP contribution is -2.33. The van der Waals surface area contributed by atoms with Crippen molar-refractivity contribution in [1.29, 1.82) is 0 Å². The Labute approximate surface area is 136 Å². The van der Waals surface area contributed by atoms with Gasteiger partial charge in [-0.15, -0.1) is 11.3 Å². The molecule has 0 radical (unpaired) electrons. The molecule has 1 amide bonds. The van der Waals surface area contributed by atoms with Crippen LogP contribution >= 0.6 is 11.3 Å². The zero-order valence-corrected chi connectivity index (χ0v) is 14.4. The van der Waals surface area contributed by atoms with Crippen molar-refractivity contribution in [3.05, 3.63) is 29.0 Å². The summed E-state index contributed by atoms with van der Waals surface area (Å²) in [6, 6.07) is 3.81. The van der Waals surface area contributed by atoms with Gasteiger partial charge in [-0.3, -0.25) is 4.79 Å². The van der Waals surface area contributed by atoms with E-state index in [2.05, 4.69) is 18.8 Å². The monoisotopic (exact) mass is 320 g/mol. The Morgan fingerprint density at radius 3 is 2.45 bits per heavy atom. The SMILES string of the molecule is CCCCN(CCCC)C(=O)c1csc(-c2ccc(C)o2)n1. The number of aromatic nitrogens is 1. The third-order valence-corrected chi connectivity index (χ3v) is 4.38. The highest BCUT2D eigenvalue weighted by Gasteiger charge is 2.19.